The molecule has 0 fully saturated rings. The average Bonchev–Trinajstić information content (AvgIpc) is 2.97. The Morgan fingerprint density at radius 3 is 2.54 bits per heavy atom. The minimum Gasteiger partial charge on any atom is -0.495 e. The Bertz CT molecular complexity index is 893. The first-order valence-corrected chi connectivity index (χ1v) is 8.70. The summed E-state index contributed by atoms with van der Waals surface area (Å²) in [6.07, 6.45) is 0. The first-order chi connectivity index (χ1) is 13.2. The number of carbonyl (C=O) groups is 3. The number of esters is 1. The fourth-order valence-corrected chi connectivity index (χ4v) is 2.59. The summed E-state index contributed by atoms with van der Waals surface area (Å²) < 4.78 is 15.4. The van der Waals surface area contributed by atoms with Crippen LogP contribution in [0, 0.1) is 13.8 Å². The van der Waals surface area contributed by atoms with E-state index >= 15 is 0 Å². The number of benzene rings is 1. The SMILES string of the molecule is COc1ccc(Cl)cc1NC(=O)CN(C)C(=O)COC(=O)c1cc(C)oc1C. The van der Waals surface area contributed by atoms with E-state index in [4.69, 9.17) is 25.5 Å². The molecule has 0 aliphatic carbocycles. The number of hydrogen-bond acceptors (Lipinski definition) is 6. The number of amides is 2. The lowest BCUT2D eigenvalue weighted by Gasteiger charge is -2.17. The number of hydrogen-bond donors (Lipinski definition) is 1. The molecule has 150 valence electrons. The van der Waals surface area contributed by atoms with E-state index in [1.807, 2.05) is 0 Å². The number of ether oxygens (including phenoxy) is 2. The Balaban J connectivity index is 1.88. The van der Waals surface area contributed by atoms with E-state index in [1.165, 1.54) is 26.3 Å². The molecule has 2 aromatic rings. The van der Waals surface area contributed by atoms with Crippen LogP contribution in [0.5, 0.6) is 5.75 Å². The van der Waals surface area contributed by atoms with Gasteiger partial charge in [-0.05, 0) is 38.1 Å². The summed E-state index contributed by atoms with van der Waals surface area (Å²) in [5.74, 6) is -0.224. The number of halogens is 1. The third-order valence-electron chi connectivity index (χ3n) is 3.83. The van der Waals surface area contributed by atoms with Gasteiger partial charge in [-0.25, -0.2) is 4.79 Å². The third kappa shape index (κ3) is 5.50. The van der Waals surface area contributed by atoms with Gasteiger partial charge < -0.3 is 24.1 Å². The molecule has 0 aliphatic heterocycles. The maximum atomic E-state index is 12.2. The smallest absolute Gasteiger partial charge is 0.342 e. The highest BCUT2D eigenvalue weighted by molar-refractivity contribution is 6.31. The van der Waals surface area contributed by atoms with Crippen LogP contribution < -0.4 is 10.1 Å². The van der Waals surface area contributed by atoms with Crippen molar-refractivity contribution in [3.63, 3.8) is 0 Å². The monoisotopic (exact) mass is 408 g/mol. The predicted molar refractivity (Wildman–Crippen MR) is 103 cm³/mol. The van der Waals surface area contributed by atoms with Crippen LogP contribution in [0.1, 0.15) is 21.9 Å². The normalized spacial score (nSPS) is 10.3. The Morgan fingerprint density at radius 2 is 1.93 bits per heavy atom. The van der Waals surface area contributed by atoms with Crippen molar-refractivity contribution in [2.24, 2.45) is 0 Å². The standard InChI is InChI=1S/C19H21ClN2O6/c1-11-7-14(12(2)28-11)19(25)27-10-18(24)22(3)9-17(23)21-15-8-13(20)5-6-16(15)26-4/h5-8H,9-10H2,1-4H3,(H,21,23). The maximum absolute atomic E-state index is 12.2. The summed E-state index contributed by atoms with van der Waals surface area (Å²) in [4.78, 5) is 37.5. The maximum Gasteiger partial charge on any atom is 0.342 e. The van der Waals surface area contributed by atoms with Gasteiger partial charge in [0.1, 0.15) is 22.8 Å². The van der Waals surface area contributed by atoms with E-state index in [0.717, 1.165) is 4.90 Å². The van der Waals surface area contributed by atoms with Crippen molar-refractivity contribution in [2.45, 2.75) is 13.8 Å². The van der Waals surface area contributed by atoms with Crippen molar-refractivity contribution < 1.29 is 28.3 Å². The summed E-state index contributed by atoms with van der Waals surface area (Å²) in [5.41, 5.74) is 0.650. The molecule has 0 radical (unpaired) electrons. The lowest BCUT2D eigenvalue weighted by atomic mass is 10.2. The summed E-state index contributed by atoms with van der Waals surface area (Å²) in [6.45, 7) is 2.60. The minimum atomic E-state index is -0.663. The van der Waals surface area contributed by atoms with Crippen LogP contribution in [0.15, 0.2) is 28.7 Å². The summed E-state index contributed by atoms with van der Waals surface area (Å²) in [5, 5.41) is 3.05. The van der Waals surface area contributed by atoms with Crippen molar-refractivity contribution in [3.8, 4) is 5.75 Å². The Kier molecular flexibility index (Phi) is 7.06. The average molecular weight is 409 g/mol. The molecule has 1 aromatic heterocycles. The predicted octanol–water partition coefficient (Wildman–Crippen LogP) is 2.81. The molecule has 2 amide bonds. The largest absolute Gasteiger partial charge is 0.495 e. The van der Waals surface area contributed by atoms with Gasteiger partial charge in [-0.15, -0.1) is 0 Å². The molecule has 0 bridgehead atoms. The van der Waals surface area contributed by atoms with Gasteiger partial charge in [0, 0.05) is 12.1 Å². The van der Waals surface area contributed by atoms with Crippen LogP contribution in [0.4, 0.5) is 5.69 Å². The number of aryl methyl sites for hydroxylation is 2. The highest BCUT2D eigenvalue weighted by atomic mass is 35.5. The van der Waals surface area contributed by atoms with E-state index in [0.29, 0.717) is 28.0 Å². The van der Waals surface area contributed by atoms with Gasteiger partial charge in [0.2, 0.25) is 5.91 Å². The number of likely N-dealkylation sites (N-methyl/N-ethyl adjacent to an activating group) is 1. The Morgan fingerprint density at radius 1 is 1.21 bits per heavy atom. The van der Waals surface area contributed by atoms with Gasteiger partial charge in [0.15, 0.2) is 6.61 Å². The first kappa shape index (κ1) is 21.3. The molecule has 0 saturated heterocycles. The molecule has 2 rings (SSSR count). The number of nitrogens with one attached hydrogen (secondary N) is 1. The van der Waals surface area contributed by atoms with Crippen LogP contribution >= 0.6 is 11.6 Å². The molecule has 28 heavy (non-hydrogen) atoms. The molecule has 8 nitrogen and oxygen atoms in total. The molecular weight excluding hydrogens is 388 g/mol. The molecule has 0 unspecified atom stereocenters. The van der Waals surface area contributed by atoms with Crippen LogP contribution in [-0.4, -0.2) is 50.0 Å². The zero-order valence-electron chi connectivity index (χ0n) is 16.0. The quantitative estimate of drug-likeness (QED) is 0.707. The number of methoxy groups -OCH3 is 1. The van der Waals surface area contributed by atoms with Crippen molar-refractivity contribution in [1.82, 2.24) is 4.90 Å². The second kappa shape index (κ2) is 9.27. The fraction of sp³-hybridized carbons (Fsp3) is 0.316. The second-order valence-electron chi connectivity index (χ2n) is 6.05. The van der Waals surface area contributed by atoms with Gasteiger partial charge in [-0.3, -0.25) is 9.59 Å². The van der Waals surface area contributed by atoms with Crippen molar-refractivity contribution in [2.75, 3.05) is 32.6 Å². The van der Waals surface area contributed by atoms with Crippen molar-refractivity contribution >= 4 is 35.1 Å². The fourth-order valence-electron chi connectivity index (χ4n) is 2.42. The van der Waals surface area contributed by atoms with Gasteiger partial charge in [0.05, 0.1) is 19.3 Å². The highest BCUT2D eigenvalue weighted by Gasteiger charge is 2.19. The van der Waals surface area contributed by atoms with Crippen molar-refractivity contribution in [3.05, 3.63) is 46.4 Å². The zero-order valence-corrected chi connectivity index (χ0v) is 16.8. The molecule has 9 heteroatoms. The van der Waals surface area contributed by atoms with Crippen LogP contribution in [0.25, 0.3) is 0 Å². The Hall–Kier alpha value is -3.00. The molecule has 0 aliphatic rings. The molecular formula is C19H21ClN2O6. The van der Waals surface area contributed by atoms with Gasteiger partial charge in [-0.2, -0.15) is 0 Å². The van der Waals surface area contributed by atoms with Gasteiger partial charge in [0.25, 0.3) is 5.91 Å². The molecule has 0 spiro atoms. The summed E-state index contributed by atoms with van der Waals surface area (Å²) in [6, 6.07) is 6.32. The van der Waals surface area contributed by atoms with E-state index in [-0.39, 0.29) is 12.1 Å². The van der Waals surface area contributed by atoms with E-state index in [9.17, 15) is 14.4 Å². The Labute approximate surface area is 167 Å². The number of furan rings is 1. The van der Waals surface area contributed by atoms with E-state index < -0.39 is 24.4 Å². The molecule has 1 heterocycles. The first-order valence-electron chi connectivity index (χ1n) is 8.32. The lowest BCUT2D eigenvalue weighted by Crippen LogP contribution is -2.37. The van der Waals surface area contributed by atoms with E-state index in [2.05, 4.69) is 5.32 Å². The molecule has 1 N–H and O–H groups in total. The molecule has 0 atom stereocenters. The number of carbonyl (C=O) groups excluding carboxylic acids is 3. The van der Waals surface area contributed by atoms with E-state index in [1.54, 1.807) is 26.0 Å². The minimum absolute atomic E-state index is 0.240. The molecule has 1 aromatic carbocycles. The van der Waals surface area contributed by atoms with Gasteiger partial charge in [-0.1, -0.05) is 11.6 Å². The third-order valence-corrected chi connectivity index (χ3v) is 4.06. The summed E-state index contributed by atoms with van der Waals surface area (Å²) >= 11 is 5.92. The number of rotatable bonds is 7. The number of anilines is 1. The summed E-state index contributed by atoms with van der Waals surface area (Å²) in [7, 11) is 2.89. The lowest BCUT2D eigenvalue weighted by molar-refractivity contribution is -0.136. The zero-order chi connectivity index (χ0) is 20.8. The molecule has 0 saturated carbocycles. The van der Waals surface area contributed by atoms with Crippen LogP contribution in [0.3, 0.4) is 0 Å². The van der Waals surface area contributed by atoms with Crippen LogP contribution in [0.2, 0.25) is 5.02 Å². The van der Waals surface area contributed by atoms with Gasteiger partial charge >= 0.3 is 5.97 Å². The second-order valence-corrected chi connectivity index (χ2v) is 6.48. The topological polar surface area (TPSA) is 98.1 Å². The van der Waals surface area contributed by atoms with Crippen LogP contribution in [-0.2, 0) is 14.3 Å². The van der Waals surface area contributed by atoms with Crippen molar-refractivity contribution in [1.29, 1.82) is 0 Å². The highest BCUT2D eigenvalue weighted by Crippen LogP contribution is 2.27. The number of nitrogens with zero attached hydrogens (tertiary/aromatic N) is 1.